The van der Waals surface area contributed by atoms with Crippen LogP contribution < -0.4 is 9.47 Å². The van der Waals surface area contributed by atoms with Crippen molar-refractivity contribution in [1.82, 2.24) is 19.7 Å². The Hall–Kier alpha value is -4.14. The van der Waals surface area contributed by atoms with Crippen LogP contribution in [0.5, 0.6) is 11.5 Å². The highest BCUT2D eigenvalue weighted by atomic mass is 16.7. The number of furan rings is 1. The van der Waals surface area contributed by atoms with Gasteiger partial charge in [0.05, 0.1) is 18.2 Å². The van der Waals surface area contributed by atoms with Gasteiger partial charge in [-0.1, -0.05) is 0 Å². The number of hydrogen-bond donors (Lipinski definition) is 1. The summed E-state index contributed by atoms with van der Waals surface area (Å²) in [5, 5.41) is 13.6. The van der Waals surface area contributed by atoms with Gasteiger partial charge in [0, 0.05) is 11.8 Å². The van der Waals surface area contributed by atoms with Crippen LogP contribution >= 0.6 is 0 Å². The molecular formula is C19H12N4O5. The molecule has 9 heteroatoms. The molecule has 1 aliphatic heterocycles. The number of ether oxygens (including phenoxy) is 2. The first kappa shape index (κ1) is 16.1. The molecule has 4 heterocycles. The van der Waals surface area contributed by atoms with Crippen LogP contribution in [0.1, 0.15) is 10.4 Å². The van der Waals surface area contributed by atoms with E-state index in [1.807, 2.05) is 18.2 Å². The molecule has 0 saturated heterocycles. The summed E-state index contributed by atoms with van der Waals surface area (Å²) in [4.78, 5) is 20.4. The fourth-order valence-electron chi connectivity index (χ4n) is 2.97. The number of benzene rings is 1. The van der Waals surface area contributed by atoms with E-state index < -0.39 is 5.97 Å². The minimum Gasteiger partial charge on any atom is -0.478 e. The van der Waals surface area contributed by atoms with E-state index in [4.69, 9.17) is 13.9 Å². The average molecular weight is 376 g/mol. The van der Waals surface area contributed by atoms with E-state index in [9.17, 15) is 9.90 Å². The Labute approximate surface area is 157 Å². The Kier molecular flexibility index (Phi) is 3.58. The fraction of sp³-hybridized carbons (Fsp3) is 0.0526. The first-order valence-corrected chi connectivity index (χ1v) is 8.29. The van der Waals surface area contributed by atoms with Crippen molar-refractivity contribution in [2.45, 2.75) is 0 Å². The van der Waals surface area contributed by atoms with Crippen LogP contribution in [0.3, 0.4) is 0 Å². The zero-order valence-electron chi connectivity index (χ0n) is 14.3. The molecule has 0 aliphatic carbocycles. The van der Waals surface area contributed by atoms with Crippen molar-refractivity contribution in [3.8, 4) is 40.2 Å². The summed E-state index contributed by atoms with van der Waals surface area (Å²) >= 11 is 0. The number of rotatable bonds is 4. The largest absolute Gasteiger partial charge is 0.478 e. The van der Waals surface area contributed by atoms with Gasteiger partial charge in [0.15, 0.2) is 17.3 Å². The number of hydrogen-bond acceptors (Lipinski definition) is 7. The van der Waals surface area contributed by atoms with Crippen LogP contribution in [0.15, 0.2) is 59.5 Å². The Bertz CT molecular complexity index is 1180. The van der Waals surface area contributed by atoms with Crippen LogP contribution in [-0.4, -0.2) is 37.6 Å². The summed E-state index contributed by atoms with van der Waals surface area (Å²) in [6.07, 6.45) is 4.29. The number of carboxylic acids is 1. The molecule has 0 spiro atoms. The van der Waals surface area contributed by atoms with Gasteiger partial charge in [-0.2, -0.15) is 9.78 Å². The second-order valence-corrected chi connectivity index (χ2v) is 5.91. The number of fused-ring (bicyclic) bond motifs is 1. The van der Waals surface area contributed by atoms with Gasteiger partial charge in [-0.25, -0.2) is 14.8 Å². The van der Waals surface area contributed by atoms with Crippen LogP contribution in [0.2, 0.25) is 0 Å². The summed E-state index contributed by atoms with van der Waals surface area (Å²) < 4.78 is 17.5. The summed E-state index contributed by atoms with van der Waals surface area (Å²) in [6.45, 7) is 0.186. The Morgan fingerprint density at radius 2 is 2.04 bits per heavy atom. The number of aromatic nitrogens is 4. The van der Waals surface area contributed by atoms with Crippen molar-refractivity contribution >= 4 is 5.97 Å². The minimum atomic E-state index is -1.12. The average Bonchev–Trinajstić information content (AvgIpc) is 3.46. The Balaban J connectivity index is 1.62. The molecular weight excluding hydrogens is 364 g/mol. The molecule has 0 atom stereocenters. The topological polar surface area (TPSA) is 112 Å². The minimum absolute atomic E-state index is 0.00738. The van der Waals surface area contributed by atoms with E-state index in [0.717, 1.165) is 5.56 Å². The zero-order valence-corrected chi connectivity index (χ0v) is 14.3. The molecule has 0 unspecified atom stereocenters. The van der Waals surface area contributed by atoms with Gasteiger partial charge in [-0.05, 0) is 36.4 Å². The summed E-state index contributed by atoms with van der Waals surface area (Å²) in [6, 6.07) is 10.6. The molecule has 5 rings (SSSR count). The molecule has 0 amide bonds. The van der Waals surface area contributed by atoms with Gasteiger partial charge in [0.2, 0.25) is 6.79 Å². The monoisotopic (exact) mass is 376 g/mol. The maximum Gasteiger partial charge on any atom is 0.339 e. The van der Waals surface area contributed by atoms with Crippen LogP contribution in [0, 0.1) is 0 Å². The number of carboxylic acid groups (broad SMARTS) is 1. The second-order valence-electron chi connectivity index (χ2n) is 5.91. The van der Waals surface area contributed by atoms with Gasteiger partial charge >= 0.3 is 5.97 Å². The quantitative estimate of drug-likeness (QED) is 0.578. The van der Waals surface area contributed by atoms with Crippen molar-refractivity contribution in [3.05, 3.63) is 60.6 Å². The summed E-state index contributed by atoms with van der Waals surface area (Å²) in [5.41, 5.74) is 1.69. The summed E-state index contributed by atoms with van der Waals surface area (Å²) in [7, 11) is 0. The standard InChI is InChI=1S/C19H12N4O5/c24-18(25)12-9-21-23(17(12)15-2-1-7-26-15)19-20-6-5-13(22-19)11-3-4-14-16(8-11)28-10-27-14/h1-9H,10H2,(H,24,25). The molecule has 9 nitrogen and oxygen atoms in total. The molecule has 1 aromatic carbocycles. The van der Waals surface area contributed by atoms with Gasteiger partial charge in [-0.3, -0.25) is 0 Å². The molecule has 4 aromatic rings. The van der Waals surface area contributed by atoms with E-state index in [2.05, 4.69) is 15.1 Å². The zero-order chi connectivity index (χ0) is 19.1. The van der Waals surface area contributed by atoms with Crippen LogP contribution in [0.4, 0.5) is 0 Å². The highest BCUT2D eigenvalue weighted by Gasteiger charge is 2.23. The van der Waals surface area contributed by atoms with Crippen molar-refractivity contribution < 1.29 is 23.8 Å². The highest BCUT2D eigenvalue weighted by Crippen LogP contribution is 2.35. The van der Waals surface area contributed by atoms with E-state index in [1.54, 1.807) is 24.4 Å². The maximum atomic E-state index is 11.6. The normalized spacial score (nSPS) is 12.3. The number of nitrogens with zero attached hydrogens (tertiary/aromatic N) is 4. The van der Waals surface area contributed by atoms with Gasteiger partial charge in [0.1, 0.15) is 11.3 Å². The van der Waals surface area contributed by atoms with E-state index in [-0.39, 0.29) is 24.0 Å². The SMILES string of the molecule is O=C(O)c1cnn(-c2nccc(-c3ccc4c(c3)OCO4)n2)c1-c1ccco1. The third-order valence-electron chi connectivity index (χ3n) is 4.25. The predicted molar refractivity (Wildman–Crippen MR) is 95.4 cm³/mol. The molecule has 28 heavy (non-hydrogen) atoms. The van der Waals surface area contributed by atoms with Crippen molar-refractivity contribution in [3.63, 3.8) is 0 Å². The van der Waals surface area contributed by atoms with Crippen LogP contribution in [0.25, 0.3) is 28.7 Å². The lowest BCUT2D eigenvalue weighted by molar-refractivity contribution is 0.0697. The molecule has 0 fully saturated rings. The van der Waals surface area contributed by atoms with E-state index in [0.29, 0.717) is 23.0 Å². The smallest absolute Gasteiger partial charge is 0.339 e. The van der Waals surface area contributed by atoms with Crippen molar-refractivity contribution in [2.24, 2.45) is 0 Å². The van der Waals surface area contributed by atoms with Crippen molar-refractivity contribution in [1.29, 1.82) is 0 Å². The lowest BCUT2D eigenvalue weighted by atomic mass is 10.1. The van der Waals surface area contributed by atoms with Gasteiger partial charge in [0.25, 0.3) is 5.95 Å². The fourth-order valence-corrected chi connectivity index (χ4v) is 2.97. The second kappa shape index (κ2) is 6.23. The predicted octanol–water partition coefficient (Wildman–Crippen LogP) is 3.02. The van der Waals surface area contributed by atoms with Gasteiger partial charge < -0.3 is 19.0 Å². The van der Waals surface area contributed by atoms with E-state index >= 15 is 0 Å². The molecule has 1 aliphatic rings. The molecule has 138 valence electrons. The first-order valence-electron chi connectivity index (χ1n) is 8.29. The molecule has 0 radical (unpaired) electrons. The van der Waals surface area contributed by atoms with E-state index in [1.165, 1.54) is 17.1 Å². The Morgan fingerprint density at radius 3 is 2.86 bits per heavy atom. The van der Waals surface area contributed by atoms with Crippen molar-refractivity contribution in [2.75, 3.05) is 6.79 Å². The molecule has 0 bridgehead atoms. The first-order chi connectivity index (χ1) is 13.7. The highest BCUT2D eigenvalue weighted by molar-refractivity contribution is 5.94. The van der Waals surface area contributed by atoms with Crippen LogP contribution in [-0.2, 0) is 0 Å². The third kappa shape index (κ3) is 2.57. The number of carbonyl (C=O) groups is 1. The maximum absolute atomic E-state index is 11.6. The molecule has 1 N–H and O–H groups in total. The summed E-state index contributed by atoms with van der Waals surface area (Å²) in [5.74, 6) is 0.767. The molecule has 3 aromatic heterocycles. The number of aromatic carboxylic acids is 1. The lowest BCUT2D eigenvalue weighted by Crippen LogP contribution is -2.06. The third-order valence-corrected chi connectivity index (χ3v) is 4.25. The molecule has 0 saturated carbocycles. The van der Waals surface area contributed by atoms with Gasteiger partial charge in [-0.15, -0.1) is 0 Å². The lowest BCUT2D eigenvalue weighted by Gasteiger charge is -2.07. The Morgan fingerprint density at radius 1 is 1.14 bits per heavy atom.